The molecule has 0 radical (unpaired) electrons. The molecule has 2 atom stereocenters. The fraction of sp³-hybridized carbons (Fsp3) is 0.689. The molecule has 1 aliphatic rings. The normalized spacial score (nSPS) is 12.6. The fourth-order valence-electron chi connectivity index (χ4n) is 14.0. The summed E-state index contributed by atoms with van der Waals surface area (Å²) in [6.45, 7) is 30.1. The van der Waals surface area contributed by atoms with Crippen molar-refractivity contribution < 1.29 is 156 Å². The van der Waals surface area contributed by atoms with Crippen molar-refractivity contribution in [3.05, 3.63) is 105 Å². The summed E-state index contributed by atoms with van der Waals surface area (Å²) in [6, 6.07) is 15.7. The van der Waals surface area contributed by atoms with Gasteiger partial charge < -0.3 is 170 Å². The zero-order valence-electron chi connectivity index (χ0n) is 88.1. The number of quaternary nitrogens is 1. The Balaban J connectivity index is 0.617. The summed E-state index contributed by atoms with van der Waals surface area (Å²) < 4.78 is 162. The number of rotatable bonds is 97. The number of para-hydroxylation sites is 1. The highest BCUT2D eigenvalue weighted by atomic mass is 32.1. The number of nitrogens with two attached hydrogens (primary N) is 2. The molecule has 46 heteroatoms. The van der Waals surface area contributed by atoms with Gasteiger partial charge in [-0.2, -0.15) is 0 Å². The van der Waals surface area contributed by atoms with Gasteiger partial charge in [0.2, 0.25) is 11.8 Å². The Hall–Kier alpha value is -8.25. The summed E-state index contributed by atoms with van der Waals surface area (Å²) in [4.78, 5) is 62.9. The first-order chi connectivity index (χ1) is 72.9. The minimum Gasteiger partial charge on any atom is -0.491 e. The van der Waals surface area contributed by atoms with Crippen molar-refractivity contribution >= 4 is 84.3 Å². The Labute approximate surface area is 884 Å². The SMILES string of the molecule is COCCOCCOCCOCCOCCOCCOCCOCCOCCOCCOCCOCCOCCOCCOCCOCCOCCOCCOCCOCCOCCOCCOCCOCCOCCCc1cc(NC(=O)[C@H](CCCNC(N)=O)NC(=O)[C@@H](N)C(C)C)ccc1C[N+](C)(C)CC#Cc1ccc(OCCCc2sc(N3CCCc4c3nnc(Nc3nc5ccccc5s3)c4C)nc2C(=O)O)c(F)c1. The van der Waals surface area contributed by atoms with Crippen molar-refractivity contribution in [2.24, 2.45) is 17.4 Å². The Bertz CT molecular complexity index is 4540. The van der Waals surface area contributed by atoms with Gasteiger partial charge >= 0.3 is 12.0 Å². The lowest BCUT2D eigenvalue weighted by atomic mass is 10.0. The van der Waals surface area contributed by atoms with Gasteiger partial charge in [0.25, 0.3) is 0 Å². The predicted octanol–water partition coefficient (Wildman–Crippen LogP) is 7.99. The number of urea groups is 1. The second-order valence-electron chi connectivity index (χ2n) is 34.6. The number of nitrogens with one attached hydrogen (secondary N) is 4. The van der Waals surface area contributed by atoms with Crippen molar-refractivity contribution in [3.8, 4) is 17.6 Å². The molecule has 7 rings (SSSR count). The number of nitrogens with zero attached hydrogens (tertiary/aromatic N) is 6. The van der Waals surface area contributed by atoms with Gasteiger partial charge in [-0.25, -0.2) is 23.9 Å². The number of thiazole rings is 2. The molecule has 1 aliphatic heterocycles. The number of carboxylic acid groups (broad SMARTS) is 1. The monoisotopic (exact) mass is 2150 g/mol. The maximum absolute atomic E-state index is 15.7. The summed E-state index contributed by atoms with van der Waals surface area (Å²) in [5.74, 6) is 4.83. The number of carbonyl (C=O) groups excluding carboxylic acids is 3. The van der Waals surface area contributed by atoms with Crippen LogP contribution < -0.4 is 42.4 Å². The minimum absolute atomic E-state index is 0.0435. The Kier molecular flexibility index (Phi) is 71.3. The van der Waals surface area contributed by atoms with Gasteiger partial charge in [0.05, 0.1) is 354 Å². The topological polar surface area (TPSA) is 483 Å². The molecule has 840 valence electrons. The first kappa shape index (κ1) is 128. The van der Waals surface area contributed by atoms with Crippen LogP contribution >= 0.6 is 22.7 Å². The van der Waals surface area contributed by atoms with Gasteiger partial charge in [0.1, 0.15) is 19.1 Å². The summed E-state index contributed by atoms with van der Waals surface area (Å²) in [6.07, 6.45) is 4.10. The third-order valence-electron chi connectivity index (χ3n) is 21.9. The van der Waals surface area contributed by atoms with E-state index in [0.29, 0.717) is 418 Å². The maximum atomic E-state index is 15.7. The van der Waals surface area contributed by atoms with Crippen LogP contribution in [0.15, 0.2) is 60.7 Å². The second-order valence-corrected chi connectivity index (χ2v) is 36.7. The third-order valence-corrected chi connectivity index (χ3v) is 24.0. The first-order valence-electron chi connectivity index (χ1n) is 51.5. The number of fused-ring (bicyclic) bond motifs is 2. The zero-order chi connectivity index (χ0) is 106. The van der Waals surface area contributed by atoms with Crippen LogP contribution in [0.4, 0.5) is 36.8 Å². The molecule has 0 fully saturated rings. The Morgan fingerprint density at radius 1 is 0.503 bits per heavy atom. The molecule has 4 amide bonds. The molecule has 0 bridgehead atoms. The molecule has 149 heavy (non-hydrogen) atoms. The molecule has 3 aromatic carbocycles. The molecular weight excluding hydrogens is 1980 g/mol. The number of hydrogen-bond acceptors (Lipinski definition) is 39. The smallest absolute Gasteiger partial charge is 0.355 e. The number of methoxy groups -OCH3 is 1. The van der Waals surface area contributed by atoms with E-state index >= 15 is 4.39 Å². The van der Waals surface area contributed by atoms with E-state index in [2.05, 4.69) is 48.3 Å². The number of ether oxygens (including phenoxy) is 26. The van der Waals surface area contributed by atoms with Crippen molar-refractivity contribution in [1.82, 2.24) is 30.8 Å². The number of aryl methyl sites for hydroxylation is 2. The molecule has 0 saturated carbocycles. The highest BCUT2D eigenvalue weighted by molar-refractivity contribution is 7.22. The van der Waals surface area contributed by atoms with Crippen LogP contribution in [0.3, 0.4) is 0 Å². The number of carbonyl (C=O) groups is 4. The van der Waals surface area contributed by atoms with E-state index in [0.717, 1.165) is 45.3 Å². The summed E-state index contributed by atoms with van der Waals surface area (Å²) >= 11 is 2.82. The van der Waals surface area contributed by atoms with Gasteiger partial charge in [-0.3, -0.25) is 9.59 Å². The van der Waals surface area contributed by atoms with Crippen molar-refractivity contribution in [2.45, 2.75) is 90.8 Å². The number of halogens is 1. The van der Waals surface area contributed by atoms with Crippen LogP contribution in [0.25, 0.3) is 10.2 Å². The van der Waals surface area contributed by atoms with E-state index in [1.807, 2.05) is 82.2 Å². The molecule has 9 N–H and O–H groups in total. The van der Waals surface area contributed by atoms with Crippen molar-refractivity contribution in [2.75, 3.05) is 387 Å². The van der Waals surface area contributed by atoms with Gasteiger partial charge in [0.15, 0.2) is 39.2 Å². The molecule has 43 nitrogen and oxygen atoms in total. The van der Waals surface area contributed by atoms with Crippen molar-refractivity contribution in [3.63, 3.8) is 0 Å². The van der Waals surface area contributed by atoms with Crippen LogP contribution in [-0.2, 0) is 154 Å². The van der Waals surface area contributed by atoms with Crippen LogP contribution in [0.5, 0.6) is 5.75 Å². The predicted molar refractivity (Wildman–Crippen MR) is 558 cm³/mol. The number of carboxylic acids is 1. The number of hydrogen-bond donors (Lipinski definition) is 7. The third kappa shape index (κ3) is 59.7. The first-order valence-corrected chi connectivity index (χ1v) is 53.1. The van der Waals surface area contributed by atoms with E-state index in [4.69, 9.17) is 140 Å². The Morgan fingerprint density at radius 2 is 0.933 bits per heavy atom. The van der Waals surface area contributed by atoms with Gasteiger partial charge in [0, 0.05) is 59.6 Å². The number of primary amides is 1. The number of aromatic carboxylic acids is 1. The van der Waals surface area contributed by atoms with Crippen LogP contribution in [0.2, 0.25) is 0 Å². The summed E-state index contributed by atoms with van der Waals surface area (Å²) in [5.41, 5.74) is 17.2. The molecule has 4 heterocycles. The summed E-state index contributed by atoms with van der Waals surface area (Å²) in [5, 5.41) is 32.3. The molecular formula is C103H164FN12O31S2+. The largest absolute Gasteiger partial charge is 0.491 e. The van der Waals surface area contributed by atoms with Crippen molar-refractivity contribution in [1.29, 1.82) is 0 Å². The zero-order valence-corrected chi connectivity index (χ0v) is 89.7. The molecule has 6 aromatic rings. The van der Waals surface area contributed by atoms with E-state index in [1.54, 1.807) is 19.2 Å². The number of aromatic nitrogens is 4. The number of anilines is 5. The van der Waals surface area contributed by atoms with Crippen LogP contribution in [-0.4, -0.2) is 437 Å². The maximum Gasteiger partial charge on any atom is 0.355 e. The van der Waals surface area contributed by atoms with Crippen LogP contribution in [0.1, 0.15) is 89.1 Å². The van der Waals surface area contributed by atoms with Gasteiger partial charge in [-0.15, -0.1) is 21.5 Å². The molecule has 3 aromatic heterocycles. The molecule has 0 aliphatic carbocycles. The van der Waals surface area contributed by atoms with Gasteiger partial charge in [-0.05, 0) is 118 Å². The highest BCUT2D eigenvalue weighted by Gasteiger charge is 2.31. The molecule has 0 unspecified atom stereocenters. The highest BCUT2D eigenvalue weighted by Crippen LogP contribution is 2.40. The lowest BCUT2D eigenvalue weighted by Crippen LogP contribution is -2.51. The average molecular weight is 2150 g/mol. The average Bonchev–Trinajstić information content (AvgIpc) is 1.71. The fourth-order valence-corrected chi connectivity index (χ4v) is 16.0. The lowest BCUT2D eigenvalue weighted by Gasteiger charge is -2.29. The molecule has 0 spiro atoms. The van der Waals surface area contributed by atoms with E-state index in [1.165, 1.54) is 28.7 Å². The van der Waals surface area contributed by atoms with E-state index in [-0.39, 0.29) is 36.9 Å². The van der Waals surface area contributed by atoms with Crippen LogP contribution in [0, 0.1) is 30.5 Å². The quantitative estimate of drug-likeness (QED) is 0.0108. The lowest BCUT2D eigenvalue weighted by molar-refractivity contribution is -0.896. The van der Waals surface area contributed by atoms with Gasteiger partial charge in [-0.1, -0.05) is 49.3 Å². The molecule has 0 saturated heterocycles. The minimum atomic E-state index is -1.14. The van der Waals surface area contributed by atoms with E-state index in [9.17, 15) is 24.3 Å². The second kappa shape index (κ2) is 83.3. The Morgan fingerprint density at radius 3 is 1.35 bits per heavy atom. The summed E-state index contributed by atoms with van der Waals surface area (Å²) in [7, 11) is 5.73. The standard InChI is InChI=1S/C103H163FN12O31S2/c1-81(2)94(105)99(118)109-90(18-9-25-107-101(106)121)98(117)108-86-23-22-85(80-116(4,5)27-11-14-83-21-24-91(88(104)78-83)147-29-13-20-93-95(100(119)120)111-103(149-93)115-26-10-16-87-82(3)96(113-114-97(87)115)112-102-110-89-17-7-8-19-92(89)148-102)84(79-86)15-12-28-123-32-33-125-36-37-127-40-41-129-44-45-131-48-49-133-52-53-135-56-57-137-60-61-139-64-65-141-68-69-143-72-73-145-76-77-146-75-74-144-71-70-142-67-66-140-63-62-138-59-58-136-55-54-134-51-50-132-47-46-130-43-42-128-39-38-126-35-34-124-31-30-122-6/h7-8,17,19,21-24,78-79,81,90,94H,9-10,12-13,15-16,18,20,25-77,80,105H2,1-6H3,(H6-,106,107,108,109,110,112,113,117,118,119,120,121)/p+1/t90-,94-/m0/s1. The number of benzene rings is 3. The van der Waals surface area contributed by atoms with E-state index < -0.39 is 41.7 Å². The number of amides is 4.